The Kier molecular flexibility index (Phi) is 4.40. The van der Waals surface area contributed by atoms with Gasteiger partial charge in [-0.2, -0.15) is 0 Å². The van der Waals surface area contributed by atoms with E-state index in [9.17, 15) is 4.39 Å². The molecule has 3 heteroatoms. The van der Waals surface area contributed by atoms with E-state index in [0.717, 1.165) is 6.42 Å². The average Bonchev–Trinajstić information content (AvgIpc) is 2.26. The minimum atomic E-state index is -0.249. The fourth-order valence-electron chi connectivity index (χ4n) is 1.67. The maximum atomic E-state index is 13.6. The first-order valence-electron chi connectivity index (χ1n) is 5.08. The van der Waals surface area contributed by atoms with E-state index in [2.05, 4.69) is 0 Å². The van der Waals surface area contributed by atoms with Crippen LogP contribution in [0, 0.1) is 5.82 Å². The summed E-state index contributed by atoms with van der Waals surface area (Å²) in [4.78, 5) is 0. The first-order chi connectivity index (χ1) is 7.11. The summed E-state index contributed by atoms with van der Waals surface area (Å²) in [6, 6.07) is 4.83. The van der Waals surface area contributed by atoms with Crippen molar-refractivity contribution in [1.29, 1.82) is 0 Å². The Morgan fingerprint density at radius 2 is 2.13 bits per heavy atom. The number of hydrogen-bond acceptors (Lipinski definition) is 1. The van der Waals surface area contributed by atoms with E-state index in [1.54, 1.807) is 19.2 Å². The monoisotopic (exact) mass is 230 g/mol. The molecule has 15 heavy (non-hydrogen) atoms. The van der Waals surface area contributed by atoms with E-state index in [4.69, 9.17) is 16.3 Å². The van der Waals surface area contributed by atoms with Crippen molar-refractivity contribution >= 4 is 11.6 Å². The maximum absolute atomic E-state index is 13.6. The van der Waals surface area contributed by atoms with Gasteiger partial charge in [-0.3, -0.25) is 0 Å². The summed E-state index contributed by atoms with van der Waals surface area (Å²) in [7, 11) is 1.54. The second-order valence-electron chi connectivity index (χ2n) is 3.57. The first kappa shape index (κ1) is 12.3. The van der Waals surface area contributed by atoms with Crippen LogP contribution in [0.5, 0.6) is 5.75 Å². The Balaban J connectivity index is 3.10. The second kappa shape index (κ2) is 5.36. The average molecular weight is 231 g/mol. The number of ether oxygens (including phenoxy) is 1. The van der Waals surface area contributed by atoms with Crippen molar-refractivity contribution in [2.45, 2.75) is 31.6 Å². The van der Waals surface area contributed by atoms with Crippen molar-refractivity contribution in [2.75, 3.05) is 7.11 Å². The van der Waals surface area contributed by atoms with E-state index in [1.165, 1.54) is 6.07 Å². The predicted molar refractivity (Wildman–Crippen MR) is 61.3 cm³/mol. The fourth-order valence-corrected chi connectivity index (χ4v) is 1.80. The van der Waals surface area contributed by atoms with Gasteiger partial charge in [-0.05, 0) is 18.6 Å². The molecule has 0 aliphatic carbocycles. The molecule has 0 saturated heterocycles. The summed E-state index contributed by atoms with van der Waals surface area (Å²) < 4.78 is 18.8. The molecule has 0 saturated carbocycles. The van der Waals surface area contributed by atoms with E-state index in [0.29, 0.717) is 11.3 Å². The van der Waals surface area contributed by atoms with Crippen LogP contribution in [0.1, 0.15) is 31.7 Å². The molecule has 1 aromatic carbocycles. The molecule has 0 N–H and O–H groups in total. The molecule has 0 radical (unpaired) electrons. The van der Waals surface area contributed by atoms with Crippen LogP contribution in [0.15, 0.2) is 18.2 Å². The van der Waals surface area contributed by atoms with E-state index in [-0.39, 0.29) is 17.1 Å². The molecule has 0 aliphatic rings. The third kappa shape index (κ3) is 2.63. The number of benzene rings is 1. The largest absolute Gasteiger partial charge is 0.496 e. The number of halogens is 2. The lowest BCUT2D eigenvalue weighted by atomic mass is 9.94. The smallest absolute Gasteiger partial charge is 0.130 e. The third-order valence-electron chi connectivity index (χ3n) is 2.62. The molecule has 2 atom stereocenters. The van der Waals surface area contributed by atoms with Gasteiger partial charge >= 0.3 is 0 Å². The SMILES string of the molecule is CCC(Cl)C(C)c1c(F)cccc1OC. The predicted octanol–water partition coefficient (Wildman–Crippen LogP) is 3.96. The zero-order chi connectivity index (χ0) is 11.4. The van der Waals surface area contributed by atoms with Gasteiger partial charge in [0.25, 0.3) is 0 Å². The van der Waals surface area contributed by atoms with Crippen molar-refractivity contribution in [3.63, 3.8) is 0 Å². The van der Waals surface area contributed by atoms with Gasteiger partial charge in [0, 0.05) is 16.9 Å². The molecule has 1 aromatic rings. The minimum Gasteiger partial charge on any atom is -0.496 e. The normalized spacial score (nSPS) is 14.7. The van der Waals surface area contributed by atoms with Crippen LogP contribution in [0.25, 0.3) is 0 Å². The van der Waals surface area contributed by atoms with Crippen molar-refractivity contribution in [3.8, 4) is 5.75 Å². The molecule has 2 unspecified atom stereocenters. The van der Waals surface area contributed by atoms with Crippen molar-refractivity contribution in [1.82, 2.24) is 0 Å². The molecular formula is C12H16ClFO. The van der Waals surface area contributed by atoms with Gasteiger partial charge in [0.15, 0.2) is 0 Å². The summed E-state index contributed by atoms with van der Waals surface area (Å²) in [5.41, 5.74) is 0.571. The molecular weight excluding hydrogens is 215 g/mol. The zero-order valence-electron chi connectivity index (χ0n) is 9.26. The highest BCUT2D eigenvalue weighted by Crippen LogP contribution is 2.34. The van der Waals surface area contributed by atoms with Gasteiger partial charge in [-0.15, -0.1) is 11.6 Å². The summed E-state index contributed by atoms with van der Waals surface area (Å²) in [5, 5.41) is -0.0733. The third-order valence-corrected chi connectivity index (χ3v) is 3.31. The van der Waals surface area contributed by atoms with E-state index >= 15 is 0 Å². The van der Waals surface area contributed by atoms with E-state index in [1.807, 2.05) is 13.8 Å². The summed E-state index contributed by atoms with van der Waals surface area (Å²) in [6.07, 6.45) is 0.806. The van der Waals surface area contributed by atoms with Crippen LogP contribution >= 0.6 is 11.6 Å². The number of rotatable bonds is 4. The standard InChI is InChI=1S/C12H16ClFO/c1-4-9(13)8(2)12-10(14)6-5-7-11(12)15-3/h5-9H,4H2,1-3H3. The van der Waals surface area contributed by atoms with Gasteiger partial charge in [0.1, 0.15) is 11.6 Å². The highest BCUT2D eigenvalue weighted by Gasteiger charge is 2.21. The first-order valence-corrected chi connectivity index (χ1v) is 5.51. The molecule has 0 aromatic heterocycles. The molecule has 0 amide bonds. The number of methoxy groups -OCH3 is 1. The van der Waals surface area contributed by atoms with Crippen molar-refractivity contribution in [3.05, 3.63) is 29.6 Å². The van der Waals surface area contributed by atoms with Crippen LogP contribution < -0.4 is 4.74 Å². The van der Waals surface area contributed by atoms with Crippen LogP contribution in [-0.2, 0) is 0 Å². The molecule has 0 bridgehead atoms. The molecule has 0 fully saturated rings. The lowest BCUT2D eigenvalue weighted by molar-refractivity contribution is 0.398. The van der Waals surface area contributed by atoms with Crippen LogP contribution in [0.2, 0.25) is 0 Å². The van der Waals surface area contributed by atoms with Crippen LogP contribution in [0.3, 0.4) is 0 Å². The Hall–Kier alpha value is -0.760. The number of alkyl halides is 1. The molecule has 0 spiro atoms. The number of hydrogen-bond donors (Lipinski definition) is 0. The maximum Gasteiger partial charge on any atom is 0.130 e. The van der Waals surface area contributed by atoms with Crippen LogP contribution in [0.4, 0.5) is 4.39 Å². The van der Waals surface area contributed by atoms with Gasteiger partial charge in [0.05, 0.1) is 7.11 Å². The van der Waals surface area contributed by atoms with E-state index < -0.39 is 0 Å². The van der Waals surface area contributed by atoms with Crippen molar-refractivity contribution in [2.24, 2.45) is 0 Å². The molecule has 1 nitrogen and oxygen atoms in total. The zero-order valence-corrected chi connectivity index (χ0v) is 10.0. The molecule has 0 heterocycles. The second-order valence-corrected chi connectivity index (χ2v) is 4.13. The lowest BCUT2D eigenvalue weighted by Crippen LogP contribution is -2.11. The van der Waals surface area contributed by atoms with Gasteiger partial charge in [-0.1, -0.05) is 19.9 Å². The van der Waals surface area contributed by atoms with Crippen molar-refractivity contribution < 1.29 is 9.13 Å². The fraction of sp³-hybridized carbons (Fsp3) is 0.500. The van der Waals surface area contributed by atoms with Gasteiger partial charge in [0.2, 0.25) is 0 Å². The summed E-state index contributed by atoms with van der Waals surface area (Å²) in [5.74, 6) is 0.273. The quantitative estimate of drug-likeness (QED) is 0.712. The topological polar surface area (TPSA) is 9.23 Å². The van der Waals surface area contributed by atoms with Gasteiger partial charge in [-0.25, -0.2) is 4.39 Å². The minimum absolute atomic E-state index is 0.0483. The van der Waals surface area contributed by atoms with Crippen LogP contribution in [-0.4, -0.2) is 12.5 Å². The Labute approximate surface area is 95.2 Å². The summed E-state index contributed by atoms with van der Waals surface area (Å²) >= 11 is 6.13. The van der Waals surface area contributed by atoms with Gasteiger partial charge < -0.3 is 4.74 Å². The highest BCUT2D eigenvalue weighted by molar-refractivity contribution is 6.21. The Bertz CT molecular complexity index is 327. The highest BCUT2D eigenvalue weighted by atomic mass is 35.5. The molecule has 1 rings (SSSR count). The Morgan fingerprint density at radius 1 is 1.47 bits per heavy atom. The molecule has 0 aliphatic heterocycles. The summed E-state index contributed by atoms with van der Waals surface area (Å²) in [6.45, 7) is 3.91. The Morgan fingerprint density at radius 3 is 2.67 bits per heavy atom. The molecule has 84 valence electrons. The lowest BCUT2D eigenvalue weighted by Gasteiger charge is -2.20.